The number of carbonyl (C=O) groups is 3. The number of amides is 4. The molecule has 0 spiro atoms. The molecule has 2 saturated heterocycles. The van der Waals surface area contributed by atoms with Crippen molar-refractivity contribution >= 4 is 23.5 Å². The van der Waals surface area contributed by atoms with E-state index in [0.717, 1.165) is 37.7 Å². The number of anilines is 1. The Bertz CT molecular complexity index is 1140. The van der Waals surface area contributed by atoms with Gasteiger partial charge in [0.25, 0.3) is 5.91 Å². The molecule has 2 fully saturated rings. The van der Waals surface area contributed by atoms with Crippen molar-refractivity contribution < 1.29 is 28.2 Å². The SMILES string of the molecule is CC.CC.Cc1ccc(NC(=O)C(C(C)C)N2C(=O)NC(c3ccc(OCCN4CCOCC4)cc3)C2=O)c(F)c1. The maximum atomic E-state index is 14.3. The Hall–Kier alpha value is -3.50. The van der Waals surface area contributed by atoms with Crippen molar-refractivity contribution in [3.63, 3.8) is 0 Å². The molecule has 2 aliphatic rings. The van der Waals surface area contributed by atoms with Crippen LogP contribution in [-0.4, -0.2) is 73.1 Å². The predicted molar refractivity (Wildman–Crippen MR) is 158 cm³/mol. The quantitative estimate of drug-likeness (QED) is 0.403. The summed E-state index contributed by atoms with van der Waals surface area (Å²) in [6.45, 7) is 17.8. The van der Waals surface area contributed by atoms with E-state index in [9.17, 15) is 18.8 Å². The van der Waals surface area contributed by atoms with Gasteiger partial charge in [-0.3, -0.25) is 14.5 Å². The lowest BCUT2D eigenvalue weighted by Crippen LogP contribution is -2.50. The van der Waals surface area contributed by atoms with Crippen molar-refractivity contribution in [3.05, 3.63) is 59.4 Å². The van der Waals surface area contributed by atoms with Crippen LogP contribution in [0.1, 0.15) is 58.7 Å². The molecule has 2 N–H and O–H groups in total. The molecule has 4 rings (SSSR count). The first-order chi connectivity index (χ1) is 19.7. The number of urea groups is 1. The lowest BCUT2D eigenvalue weighted by Gasteiger charge is -2.27. The first-order valence-electron chi connectivity index (χ1n) is 14.5. The number of ether oxygens (including phenoxy) is 2. The Labute approximate surface area is 243 Å². The highest BCUT2D eigenvalue weighted by Crippen LogP contribution is 2.28. The van der Waals surface area contributed by atoms with Gasteiger partial charge in [-0.25, -0.2) is 14.1 Å². The highest BCUT2D eigenvalue weighted by molar-refractivity contribution is 6.09. The van der Waals surface area contributed by atoms with Crippen molar-refractivity contribution in [2.24, 2.45) is 5.92 Å². The molecule has 2 heterocycles. The molecule has 2 aliphatic heterocycles. The largest absolute Gasteiger partial charge is 0.492 e. The summed E-state index contributed by atoms with van der Waals surface area (Å²) < 4.78 is 25.5. The van der Waals surface area contributed by atoms with Gasteiger partial charge < -0.3 is 20.1 Å². The van der Waals surface area contributed by atoms with Crippen molar-refractivity contribution in [2.45, 2.75) is 60.5 Å². The van der Waals surface area contributed by atoms with Gasteiger partial charge in [0.05, 0.1) is 18.9 Å². The lowest BCUT2D eigenvalue weighted by molar-refractivity contribution is -0.135. The molecule has 0 radical (unpaired) electrons. The van der Waals surface area contributed by atoms with E-state index >= 15 is 0 Å². The Balaban J connectivity index is 0.00000141. The minimum atomic E-state index is -1.11. The Morgan fingerprint density at radius 3 is 2.29 bits per heavy atom. The molecule has 41 heavy (non-hydrogen) atoms. The second kappa shape index (κ2) is 16.7. The molecule has 0 saturated carbocycles. The van der Waals surface area contributed by atoms with Gasteiger partial charge >= 0.3 is 6.03 Å². The van der Waals surface area contributed by atoms with E-state index in [2.05, 4.69) is 15.5 Å². The molecule has 226 valence electrons. The van der Waals surface area contributed by atoms with Gasteiger partial charge in [0.15, 0.2) is 0 Å². The minimum Gasteiger partial charge on any atom is -0.492 e. The number of imide groups is 1. The van der Waals surface area contributed by atoms with E-state index in [1.165, 1.54) is 12.1 Å². The molecule has 2 aromatic carbocycles. The number of carbonyl (C=O) groups excluding carboxylic acids is 3. The average Bonchev–Trinajstić information content (AvgIpc) is 3.26. The summed E-state index contributed by atoms with van der Waals surface area (Å²) in [7, 11) is 0. The normalized spacial score (nSPS) is 17.6. The summed E-state index contributed by atoms with van der Waals surface area (Å²) in [6.07, 6.45) is 0. The predicted octanol–water partition coefficient (Wildman–Crippen LogP) is 5.15. The number of benzene rings is 2. The standard InChI is InChI=1S/C27H33FN4O5.2C2H6/c1-17(2)24(25(33)29-22-9-4-18(3)16-21(22)28)32-26(34)23(30-27(32)35)19-5-7-20(8-6-19)37-15-12-31-10-13-36-14-11-31;2*1-2/h4-9,16-17,23-24H,10-15H2,1-3H3,(H,29,33)(H,30,35);2*1-2H3. The van der Waals surface area contributed by atoms with Gasteiger partial charge in [0, 0.05) is 19.6 Å². The molecule has 9 nitrogen and oxygen atoms in total. The van der Waals surface area contributed by atoms with E-state index < -0.39 is 41.7 Å². The number of nitrogens with zero attached hydrogens (tertiary/aromatic N) is 2. The lowest BCUT2D eigenvalue weighted by atomic mass is 10.00. The van der Waals surface area contributed by atoms with Crippen LogP contribution in [0.3, 0.4) is 0 Å². The number of morpholine rings is 1. The van der Waals surface area contributed by atoms with E-state index in [1.54, 1.807) is 51.1 Å². The van der Waals surface area contributed by atoms with Crippen molar-refractivity contribution in [1.29, 1.82) is 0 Å². The Morgan fingerprint density at radius 1 is 1.07 bits per heavy atom. The first-order valence-corrected chi connectivity index (χ1v) is 14.5. The topological polar surface area (TPSA) is 100 Å². The zero-order valence-corrected chi connectivity index (χ0v) is 25.3. The monoisotopic (exact) mass is 572 g/mol. The fourth-order valence-electron chi connectivity index (χ4n) is 4.50. The Morgan fingerprint density at radius 2 is 1.71 bits per heavy atom. The molecule has 10 heteroatoms. The maximum absolute atomic E-state index is 14.3. The van der Waals surface area contributed by atoms with E-state index in [1.807, 2.05) is 27.7 Å². The van der Waals surface area contributed by atoms with Crippen molar-refractivity contribution in [3.8, 4) is 5.75 Å². The van der Waals surface area contributed by atoms with Crippen LogP contribution in [-0.2, 0) is 14.3 Å². The van der Waals surface area contributed by atoms with Crippen LogP contribution in [0.2, 0.25) is 0 Å². The van der Waals surface area contributed by atoms with E-state index in [4.69, 9.17) is 9.47 Å². The molecule has 2 unspecified atom stereocenters. The van der Waals surface area contributed by atoms with Gasteiger partial charge in [0.1, 0.15) is 30.3 Å². The molecule has 4 amide bonds. The number of nitrogens with one attached hydrogen (secondary N) is 2. The number of rotatable bonds is 9. The number of hydrogen-bond donors (Lipinski definition) is 2. The zero-order chi connectivity index (χ0) is 30.5. The van der Waals surface area contributed by atoms with Crippen molar-refractivity contribution in [2.75, 3.05) is 44.8 Å². The number of hydrogen-bond acceptors (Lipinski definition) is 6. The molecule has 0 aliphatic carbocycles. The smallest absolute Gasteiger partial charge is 0.325 e. The summed E-state index contributed by atoms with van der Waals surface area (Å²) in [5.41, 5.74) is 1.28. The van der Waals surface area contributed by atoms with Gasteiger partial charge in [0.2, 0.25) is 5.91 Å². The third-order valence-electron chi connectivity index (χ3n) is 6.53. The summed E-state index contributed by atoms with van der Waals surface area (Å²) >= 11 is 0. The number of aryl methyl sites for hydroxylation is 1. The minimum absolute atomic E-state index is 0.00550. The van der Waals surface area contributed by atoms with Crippen LogP contribution in [0, 0.1) is 18.7 Å². The van der Waals surface area contributed by atoms with Gasteiger partial charge in [-0.15, -0.1) is 0 Å². The van der Waals surface area contributed by atoms with Gasteiger partial charge in [-0.05, 0) is 48.2 Å². The van der Waals surface area contributed by atoms with E-state index in [-0.39, 0.29) is 5.69 Å². The van der Waals surface area contributed by atoms with Crippen LogP contribution in [0.15, 0.2) is 42.5 Å². The molecule has 0 bridgehead atoms. The summed E-state index contributed by atoms with van der Waals surface area (Å²) in [4.78, 5) is 42.4. The van der Waals surface area contributed by atoms with Gasteiger partial charge in [-0.1, -0.05) is 59.7 Å². The van der Waals surface area contributed by atoms with Gasteiger partial charge in [-0.2, -0.15) is 0 Å². The number of halogens is 1. The molecule has 0 aromatic heterocycles. The summed E-state index contributed by atoms with van der Waals surface area (Å²) in [6, 6.07) is 8.68. The maximum Gasteiger partial charge on any atom is 0.325 e. The molecular formula is C31H45FN4O5. The first kappa shape index (κ1) is 33.7. The van der Waals surface area contributed by atoms with Crippen molar-refractivity contribution in [1.82, 2.24) is 15.1 Å². The zero-order valence-electron chi connectivity index (χ0n) is 25.3. The highest BCUT2D eigenvalue weighted by Gasteiger charge is 2.46. The second-order valence-corrected chi connectivity index (χ2v) is 9.62. The highest BCUT2D eigenvalue weighted by atomic mass is 19.1. The Kier molecular flexibility index (Phi) is 13.7. The third-order valence-corrected chi connectivity index (χ3v) is 6.53. The van der Waals surface area contributed by atoms with Crippen LogP contribution < -0.4 is 15.4 Å². The molecular weight excluding hydrogens is 527 g/mol. The molecule has 2 aromatic rings. The van der Waals surface area contributed by atoms with Crippen LogP contribution >= 0.6 is 0 Å². The molecule has 2 atom stereocenters. The second-order valence-electron chi connectivity index (χ2n) is 9.62. The summed E-state index contributed by atoms with van der Waals surface area (Å²) in [5.74, 6) is -1.50. The fraction of sp³-hybridized carbons (Fsp3) is 0.516. The average molecular weight is 573 g/mol. The fourth-order valence-corrected chi connectivity index (χ4v) is 4.50. The van der Waals surface area contributed by atoms with Crippen LogP contribution in [0.25, 0.3) is 0 Å². The van der Waals surface area contributed by atoms with Crippen LogP contribution in [0.4, 0.5) is 14.9 Å². The van der Waals surface area contributed by atoms with E-state index in [0.29, 0.717) is 23.5 Å². The third kappa shape index (κ3) is 8.99. The summed E-state index contributed by atoms with van der Waals surface area (Å²) in [5, 5.41) is 5.20. The van der Waals surface area contributed by atoms with Crippen LogP contribution in [0.5, 0.6) is 5.75 Å².